The molecule has 2 aliphatic heterocycles. The van der Waals surface area contributed by atoms with Crippen LogP contribution in [0.1, 0.15) is 18.4 Å². The summed E-state index contributed by atoms with van der Waals surface area (Å²) >= 11 is 0. The van der Waals surface area contributed by atoms with Gasteiger partial charge in [0, 0.05) is 37.9 Å². The molecule has 0 radical (unpaired) electrons. The highest BCUT2D eigenvalue weighted by atomic mass is 32.2. The van der Waals surface area contributed by atoms with Crippen molar-refractivity contribution in [1.29, 1.82) is 0 Å². The van der Waals surface area contributed by atoms with Gasteiger partial charge in [-0.3, -0.25) is 9.69 Å². The van der Waals surface area contributed by atoms with Gasteiger partial charge in [-0.25, -0.2) is 8.42 Å². The Hall–Kier alpha value is -2.58. The van der Waals surface area contributed by atoms with Crippen LogP contribution in [0, 0.1) is 5.92 Å². The minimum Gasteiger partial charge on any atom is -0.497 e. The molecule has 0 bridgehead atoms. The number of hydrogen-bond donors (Lipinski definition) is 1. The number of ether oxygens (including phenoxy) is 1. The number of rotatable bonds is 9. The molecule has 0 saturated carbocycles. The number of hydrogen-bond acceptors (Lipinski definition) is 6. The van der Waals surface area contributed by atoms with Crippen LogP contribution < -0.4 is 15.0 Å². The Balaban J connectivity index is 1.32. The first-order chi connectivity index (χ1) is 15.9. The Labute approximate surface area is 196 Å². The lowest BCUT2D eigenvalue weighted by atomic mass is 10.1. The smallest absolute Gasteiger partial charge is 0.234 e. The number of nitrogens with one attached hydrogen (secondary N) is 1. The summed E-state index contributed by atoms with van der Waals surface area (Å²) in [4.78, 5) is 17.2. The average Bonchev–Trinajstić information content (AvgIpc) is 3.44. The summed E-state index contributed by atoms with van der Waals surface area (Å²) in [7, 11) is -1.41. The van der Waals surface area contributed by atoms with E-state index in [2.05, 4.69) is 22.3 Å². The molecule has 2 saturated heterocycles. The van der Waals surface area contributed by atoms with Gasteiger partial charge < -0.3 is 15.0 Å². The van der Waals surface area contributed by atoms with E-state index in [1.165, 1.54) is 5.69 Å². The van der Waals surface area contributed by atoms with Gasteiger partial charge in [0.05, 0.1) is 25.2 Å². The maximum atomic E-state index is 12.8. The van der Waals surface area contributed by atoms with Gasteiger partial charge in [-0.2, -0.15) is 0 Å². The lowest BCUT2D eigenvalue weighted by Crippen LogP contribution is -2.44. The van der Waals surface area contributed by atoms with Crippen molar-refractivity contribution in [3.05, 3.63) is 60.2 Å². The number of anilines is 1. The molecule has 2 fully saturated rings. The lowest BCUT2D eigenvalue weighted by Gasteiger charge is -2.28. The van der Waals surface area contributed by atoms with Crippen LogP contribution in [0.3, 0.4) is 0 Å². The third-order valence-corrected chi connectivity index (χ3v) is 8.36. The number of amides is 1. The molecule has 1 N–H and O–H groups in total. The summed E-state index contributed by atoms with van der Waals surface area (Å²) in [6, 6.07) is 17.9. The Morgan fingerprint density at radius 2 is 1.88 bits per heavy atom. The van der Waals surface area contributed by atoms with E-state index in [1.807, 2.05) is 47.4 Å². The van der Waals surface area contributed by atoms with Crippen molar-refractivity contribution in [3.63, 3.8) is 0 Å². The van der Waals surface area contributed by atoms with Crippen LogP contribution in [-0.4, -0.2) is 70.1 Å². The number of nitrogens with zero attached hydrogens (tertiary/aromatic N) is 2. The molecule has 33 heavy (non-hydrogen) atoms. The summed E-state index contributed by atoms with van der Waals surface area (Å²) in [5, 5.41) is 3.10. The predicted molar refractivity (Wildman–Crippen MR) is 130 cm³/mol. The van der Waals surface area contributed by atoms with Crippen molar-refractivity contribution in [2.75, 3.05) is 49.7 Å². The zero-order valence-corrected chi connectivity index (χ0v) is 20.0. The number of methoxy groups -OCH3 is 1. The molecule has 2 atom stereocenters. The molecule has 8 heteroatoms. The third kappa shape index (κ3) is 6.48. The van der Waals surface area contributed by atoms with E-state index < -0.39 is 9.84 Å². The Bertz CT molecular complexity index is 1030. The predicted octanol–water partition coefficient (Wildman–Crippen LogP) is 2.33. The Kier molecular flexibility index (Phi) is 7.55. The van der Waals surface area contributed by atoms with E-state index >= 15 is 0 Å². The molecular formula is C25H33N3O4S. The van der Waals surface area contributed by atoms with Crippen molar-refractivity contribution in [2.24, 2.45) is 5.92 Å². The topological polar surface area (TPSA) is 79.0 Å². The van der Waals surface area contributed by atoms with E-state index in [1.54, 1.807) is 7.11 Å². The number of carbonyl (C=O) groups excluding carboxylic acids is 1. The molecule has 2 heterocycles. The van der Waals surface area contributed by atoms with Crippen LogP contribution in [0.2, 0.25) is 0 Å². The lowest BCUT2D eigenvalue weighted by molar-refractivity contribution is -0.123. The van der Waals surface area contributed by atoms with Crippen LogP contribution in [0.25, 0.3) is 0 Å². The second-order valence-electron chi connectivity index (χ2n) is 9.05. The van der Waals surface area contributed by atoms with Gasteiger partial charge in [-0.1, -0.05) is 30.3 Å². The molecular weight excluding hydrogens is 438 g/mol. The first-order valence-corrected chi connectivity index (χ1v) is 13.4. The standard InChI is InChI=1S/C25H33N3O4S/c1-32-24-9-7-20(8-10-24)16-28(23-12-14-33(30,31)19-23)18-25(29)26-15-21-11-13-27(17-21)22-5-3-2-4-6-22/h2-10,21,23H,11-19H2,1H3,(H,26,29). The van der Waals surface area contributed by atoms with Crippen molar-refractivity contribution < 1.29 is 17.9 Å². The second kappa shape index (κ2) is 10.6. The molecule has 178 valence electrons. The highest BCUT2D eigenvalue weighted by molar-refractivity contribution is 7.91. The summed E-state index contributed by atoms with van der Waals surface area (Å²) < 4.78 is 29.4. The largest absolute Gasteiger partial charge is 0.497 e. The minimum atomic E-state index is -3.04. The highest BCUT2D eigenvalue weighted by Gasteiger charge is 2.33. The highest BCUT2D eigenvalue weighted by Crippen LogP contribution is 2.23. The number of carbonyl (C=O) groups is 1. The van der Waals surface area contributed by atoms with Crippen LogP contribution in [0.4, 0.5) is 5.69 Å². The Morgan fingerprint density at radius 3 is 2.55 bits per heavy atom. The molecule has 0 aliphatic carbocycles. The Morgan fingerprint density at radius 1 is 1.12 bits per heavy atom. The first kappa shape index (κ1) is 23.6. The first-order valence-electron chi connectivity index (χ1n) is 11.6. The van der Waals surface area contributed by atoms with Crippen LogP contribution in [0.15, 0.2) is 54.6 Å². The van der Waals surface area contributed by atoms with E-state index in [0.717, 1.165) is 30.8 Å². The SMILES string of the molecule is COc1ccc(CN(CC(=O)NCC2CCN(c3ccccc3)C2)C2CCS(=O)(=O)C2)cc1. The van der Waals surface area contributed by atoms with Crippen molar-refractivity contribution in [1.82, 2.24) is 10.2 Å². The van der Waals surface area contributed by atoms with Crippen molar-refractivity contribution in [3.8, 4) is 5.75 Å². The molecule has 2 aromatic rings. The van der Waals surface area contributed by atoms with Crippen molar-refractivity contribution >= 4 is 21.4 Å². The quantitative estimate of drug-likeness (QED) is 0.605. The fourth-order valence-corrected chi connectivity index (χ4v) is 6.48. The number of para-hydroxylation sites is 1. The van der Waals surface area contributed by atoms with Gasteiger partial charge in [0.25, 0.3) is 0 Å². The van der Waals surface area contributed by atoms with Gasteiger partial charge >= 0.3 is 0 Å². The zero-order valence-electron chi connectivity index (χ0n) is 19.2. The van der Waals surface area contributed by atoms with E-state index in [-0.39, 0.29) is 30.0 Å². The fraction of sp³-hybridized carbons (Fsp3) is 0.480. The average molecular weight is 472 g/mol. The van der Waals surface area contributed by atoms with Gasteiger partial charge in [0.2, 0.25) is 5.91 Å². The second-order valence-corrected chi connectivity index (χ2v) is 11.3. The van der Waals surface area contributed by atoms with Crippen molar-refractivity contribution in [2.45, 2.75) is 25.4 Å². The monoisotopic (exact) mass is 471 g/mol. The van der Waals surface area contributed by atoms with Gasteiger partial charge in [-0.15, -0.1) is 0 Å². The van der Waals surface area contributed by atoms with E-state index in [9.17, 15) is 13.2 Å². The zero-order chi connectivity index (χ0) is 23.3. The molecule has 0 aromatic heterocycles. The normalized spacial score (nSPS) is 21.9. The molecule has 1 amide bonds. The van der Waals surface area contributed by atoms with E-state index in [4.69, 9.17) is 4.74 Å². The molecule has 0 spiro atoms. The maximum absolute atomic E-state index is 12.8. The van der Waals surface area contributed by atoms with Crippen LogP contribution in [0.5, 0.6) is 5.75 Å². The summed E-state index contributed by atoms with van der Waals surface area (Å²) in [6.07, 6.45) is 1.62. The summed E-state index contributed by atoms with van der Waals surface area (Å²) in [5.74, 6) is 1.44. The minimum absolute atomic E-state index is 0.0500. The molecule has 2 aliphatic rings. The third-order valence-electron chi connectivity index (χ3n) is 6.61. The van der Waals surface area contributed by atoms with Crippen LogP contribution >= 0.6 is 0 Å². The molecule has 7 nitrogen and oxygen atoms in total. The summed E-state index contributed by atoms with van der Waals surface area (Å²) in [5.41, 5.74) is 2.25. The van der Waals surface area contributed by atoms with Gasteiger partial charge in [0.1, 0.15) is 5.75 Å². The number of sulfone groups is 1. The summed E-state index contributed by atoms with van der Waals surface area (Å²) in [6.45, 7) is 3.29. The van der Waals surface area contributed by atoms with Gasteiger partial charge in [-0.05, 0) is 48.6 Å². The van der Waals surface area contributed by atoms with E-state index in [0.29, 0.717) is 25.4 Å². The maximum Gasteiger partial charge on any atom is 0.234 e. The van der Waals surface area contributed by atoms with Crippen LogP contribution in [-0.2, 0) is 21.2 Å². The fourth-order valence-electron chi connectivity index (χ4n) is 4.71. The molecule has 2 unspecified atom stereocenters. The molecule has 4 rings (SSSR count). The molecule has 2 aromatic carbocycles. The van der Waals surface area contributed by atoms with Gasteiger partial charge in [0.15, 0.2) is 9.84 Å². The number of benzene rings is 2.